The second-order valence-corrected chi connectivity index (χ2v) is 5.41. The number of aromatic nitrogens is 6. The van der Waals surface area contributed by atoms with Crippen LogP contribution in [0.1, 0.15) is 11.4 Å². The van der Waals surface area contributed by atoms with Crippen LogP contribution in [0.5, 0.6) is 0 Å². The lowest BCUT2D eigenvalue weighted by atomic mass is 10.2. The number of rotatable bonds is 2. The maximum absolute atomic E-state index is 5.79. The van der Waals surface area contributed by atoms with Gasteiger partial charge >= 0.3 is 0 Å². The minimum atomic E-state index is 0.410. The Morgan fingerprint density at radius 3 is 2.86 bits per heavy atom. The number of thiazole rings is 1. The number of hydrogen-bond donors (Lipinski definition) is 0. The van der Waals surface area contributed by atoms with Crippen molar-refractivity contribution >= 4 is 16.3 Å². The van der Waals surface area contributed by atoms with E-state index < -0.39 is 0 Å². The summed E-state index contributed by atoms with van der Waals surface area (Å²) in [5, 5.41) is 10.2. The molecule has 0 amide bonds. The molecule has 21 heavy (non-hydrogen) atoms. The first-order chi connectivity index (χ1) is 10.2. The molecule has 0 radical (unpaired) electrons. The van der Waals surface area contributed by atoms with Gasteiger partial charge in [0.15, 0.2) is 4.96 Å². The highest BCUT2D eigenvalue weighted by atomic mass is 32.1. The Balaban J connectivity index is 1.87. The number of hydrogen-bond acceptors (Lipinski definition) is 7. The highest BCUT2D eigenvalue weighted by Gasteiger charge is 2.19. The van der Waals surface area contributed by atoms with Gasteiger partial charge in [-0.05, 0) is 13.8 Å². The molecule has 0 saturated heterocycles. The van der Waals surface area contributed by atoms with Crippen LogP contribution in [-0.2, 0) is 0 Å². The van der Waals surface area contributed by atoms with Gasteiger partial charge in [-0.3, -0.25) is 4.40 Å². The first kappa shape index (κ1) is 12.2. The Hall–Kier alpha value is -2.61. The van der Waals surface area contributed by atoms with Crippen LogP contribution in [0.15, 0.2) is 28.5 Å². The predicted molar refractivity (Wildman–Crippen MR) is 76.9 cm³/mol. The zero-order valence-corrected chi connectivity index (χ0v) is 12.1. The molecule has 0 N–H and O–H groups in total. The molecule has 0 bridgehead atoms. The van der Waals surface area contributed by atoms with Crippen molar-refractivity contribution in [2.45, 2.75) is 13.8 Å². The van der Waals surface area contributed by atoms with Crippen molar-refractivity contribution in [3.63, 3.8) is 0 Å². The van der Waals surface area contributed by atoms with Gasteiger partial charge < -0.3 is 4.42 Å². The second-order valence-electron chi connectivity index (χ2n) is 4.54. The molecule has 8 heteroatoms. The zero-order valence-electron chi connectivity index (χ0n) is 11.3. The van der Waals surface area contributed by atoms with E-state index in [4.69, 9.17) is 4.42 Å². The normalized spacial score (nSPS) is 11.3. The molecule has 4 rings (SSSR count). The zero-order chi connectivity index (χ0) is 14.4. The molecule has 7 nitrogen and oxygen atoms in total. The quantitative estimate of drug-likeness (QED) is 0.565. The van der Waals surface area contributed by atoms with E-state index in [2.05, 4.69) is 25.1 Å². The standard InChI is InChI=1S/C13H10N6OS/c1-7-9(5-14-6-15-7)11-17-18-12(20-11)10-8(2)16-13-19(10)3-4-21-13/h3-6H,1-2H3. The molecule has 0 fully saturated rings. The largest absolute Gasteiger partial charge is 0.414 e. The lowest BCUT2D eigenvalue weighted by molar-refractivity contribution is 0.580. The fourth-order valence-electron chi connectivity index (χ4n) is 2.18. The SMILES string of the molecule is Cc1ncncc1-c1nnc(-c2c(C)nc3sccn23)o1. The van der Waals surface area contributed by atoms with E-state index in [9.17, 15) is 0 Å². The Morgan fingerprint density at radius 2 is 2.00 bits per heavy atom. The maximum atomic E-state index is 5.79. The first-order valence-electron chi connectivity index (χ1n) is 6.27. The van der Waals surface area contributed by atoms with Gasteiger partial charge in [0, 0.05) is 17.8 Å². The summed E-state index contributed by atoms with van der Waals surface area (Å²) in [6.07, 6.45) is 5.10. The summed E-state index contributed by atoms with van der Waals surface area (Å²) in [5.41, 5.74) is 3.21. The van der Waals surface area contributed by atoms with Crippen LogP contribution in [0.25, 0.3) is 28.0 Å². The van der Waals surface area contributed by atoms with E-state index in [1.54, 1.807) is 17.5 Å². The molecular formula is C13H10N6OS. The molecule has 104 valence electrons. The Kier molecular flexibility index (Phi) is 2.58. The van der Waals surface area contributed by atoms with Crippen molar-refractivity contribution in [1.29, 1.82) is 0 Å². The minimum absolute atomic E-state index is 0.410. The number of aryl methyl sites for hydroxylation is 2. The fraction of sp³-hybridized carbons (Fsp3) is 0.154. The third kappa shape index (κ3) is 1.83. The van der Waals surface area contributed by atoms with Crippen molar-refractivity contribution in [3.8, 4) is 23.0 Å². The smallest absolute Gasteiger partial charge is 0.266 e. The first-order valence-corrected chi connectivity index (χ1v) is 7.15. The molecule has 4 aromatic heterocycles. The van der Waals surface area contributed by atoms with E-state index in [1.807, 2.05) is 29.8 Å². The highest BCUT2D eigenvalue weighted by Crippen LogP contribution is 2.28. The summed E-state index contributed by atoms with van der Waals surface area (Å²) in [6.45, 7) is 3.80. The maximum Gasteiger partial charge on any atom is 0.266 e. The van der Waals surface area contributed by atoms with Gasteiger partial charge in [0.05, 0.1) is 17.0 Å². The van der Waals surface area contributed by atoms with E-state index in [0.717, 1.165) is 27.6 Å². The number of fused-ring (bicyclic) bond motifs is 1. The molecule has 0 unspecified atom stereocenters. The van der Waals surface area contributed by atoms with Gasteiger partial charge in [-0.1, -0.05) is 0 Å². The van der Waals surface area contributed by atoms with Crippen LogP contribution in [0.4, 0.5) is 0 Å². The van der Waals surface area contributed by atoms with E-state index >= 15 is 0 Å². The number of nitrogens with zero attached hydrogens (tertiary/aromatic N) is 6. The molecule has 0 spiro atoms. The molecule has 4 heterocycles. The summed E-state index contributed by atoms with van der Waals surface area (Å²) < 4.78 is 7.74. The van der Waals surface area contributed by atoms with E-state index in [-0.39, 0.29) is 0 Å². The third-order valence-electron chi connectivity index (χ3n) is 3.21. The molecular weight excluding hydrogens is 288 g/mol. The molecule has 0 aliphatic rings. The Morgan fingerprint density at radius 1 is 1.14 bits per heavy atom. The van der Waals surface area contributed by atoms with Gasteiger partial charge in [0.25, 0.3) is 11.8 Å². The Bertz CT molecular complexity index is 937. The summed E-state index contributed by atoms with van der Waals surface area (Å²) in [5.74, 6) is 0.851. The lowest BCUT2D eigenvalue weighted by Gasteiger charge is -1.97. The van der Waals surface area contributed by atoms with Crippen molar-refractivity contribution in [1.82, 2.24) is 29.5 Å². The minimum Gasteiger partial charge on any atom is -0.414 e. The summed E-state index contributed by atoms with van der Waals surface area (Å²) in [4.78, 5) is 13.5. The van der Waals surface area contributed by atoms with Gasteiger partial charge in [0.1, 0.15) is 12.0 Å². The predicted octanol–water partition coefficient (Wildman–Crippen LogP) is 2.52. The van der Waals surface area contributed by atoms with Gasteiger partial charge in [-0.15, -0.1) is 21.5 Å². The molecule has 0 saturated carbocycles. The highest BCUT2D eigenvalue weighted by molar-refractivity contribution is 7.15. The lowest BCUT2D eigenvalue weighted by Crippen LogP contribution is -1.88. The van der Waals surface area contributed by atoms with Crippen LogP contribution < -0.4 is 0 Å². The molecule has 0 aliphatic carbocycles. The number of imidazole rings is 1. The van der Waals surface area contributed by atoms with Crippen LogP contribution in [0.2, 0.25) is 0 Å². The molecule has 0 aromatic carbocycles. The van der Waals surface area contributed by atoms with Crippen molar-refractivity contribution in [2.75, 3.05) is 0 Å². The van der Waals surface area contributed by atoms with Gasteiger partial charge in [0.2, 0.25) is 0 Å². The molecule has 0 atom stereocenters. The van der Waals surface area contributed by atoms with Crippen molar-refractivity contribution in [3.05, 3.63) is 35.5 Å². The topological polar surface area (TPSA) is 82.0 Å². The van der Waals surface area contributed by atoms with Crippen LogP contribution in [0.3, 0.4) is 0 Å². The monoisotopic (exact) mass is 298 g/mol. The van der Waals surface area contributed by atoms with Gasteiger partial charge in [-0.25, -0.2) is 15.0 Å². The van der Waals surface area contributed by atoms with E-state index in [1.165, 1.54) is 6.33 Å². The van der Waals surface area contributed by atoms with Crippen LogP contribution in [-0.4, -0.2) is 29.5 Å². The van der Waals surface area contributed by atoms with E-state index in [0.29, 0.717) is 11.8 Å². The summed E-state index contributed by atoms with van der Waals surface area (Å²) >= 11 is 1.56. The van der Waals surface area contributed by atoms with Crippen molar-refractivity contribution < 1.29 is 4.42 Å². The molecule has 4 aromatic rings. The Labute approximate surface area is 123 Å². The summed E-state index contributed by atoms with van der Waals surface area (Å²) in [6, 6.07) is 0. The average molecular weight is 298 g/mol. The average Bonchev–Trinajstić information content (AvgIpc) is 3.15. The van der Waals surface area contributed by atoms with Crippen LogP contribution >= 0.6 is 11.3 Å². The second kappa shape index (κ2) is 4.45. The van der Waals surface area contributed by atoms with Crippen molar-refractivity contribution in [2.24, 2.45) is 0 Å². The fourth-order valence-corrected chi connectivity index (χ4v) is 2.94. The van der Waals surface area contributed by atoms with Gasteiger partial charge in [-0.2, -0.15) is 0 Å². The van der Waals surface area contributed by atoms with Crippen LogP contribution in [0, 0.1) is 13.8 Å². The molecule has 0 aliphatic heterocycles. The third-order valence-corrected chi connectivity index (χ3v) is 3.96. The summed E-state index contributed by atoms with van der Waals surface area (Å²) in [7, 11) is 0.